The molecule has 0 radical (unpaired) electrons. The normalized spacial score (nSPS) is 15.4. The number of hydrogen-bond acceptors (Lipinski definition) is 4. The third kappa shape index (κ3) is 6.58. The van der Waals surface area contributed by atoms with Crippen molar-refractivity contribution >= 4 is 23.1 Å². The molecule has 4 nitrogen and oxygen atoms in total. The highest BCUT2D eigenvalue weighted by molar-refractivity contribution is 6.02. The largest absolute Gasteiger partial charge is 0.294 e. The molecule has 0 N–H and O–H groups in total. The molecule has 0 fully saturated rings. The molecule has 0 aromatic heterocycles. The molecule has 40 heavy (non-hydrogen) atoms. The number of hydrogen-bond donors (Lipinski definition) is 0. The number of carbonyl (C=O) groups excluding carboxylic acids is 4. The van der Waals surface area contributed by atoms with Gasteiger partial charge in [0.25, 0.3) is 0 Å². The highest BCUT2D eigenvalue weighted by Crippen LogP contribution is 2.20. The van der Waals surface area contributed by atoms with E-state index in [1.54, 1.807) is 48.5 Å². The number of aryl methyl sites for hydroxylation is 4. The van der Waals surface area contributed by atoms with Gasteiger partial charge >= 0.3 is 0 Å². The van der Waals surface area contributed by atoms with E-state index in [-0.39, 0.29) is 23.1 Å². The fraction of sp³-hybridized carbons (Fsp3) is 0.222. The molecule has 0 unspecified atom stereocenters. The van der Waals surface area contributed by atoms with Crippen LogP contribution in [0.2, 0.25) is 0 Å². The van der Waals surface area contributed by atoms with Gasteiger partial charge in [0.1, 0.15) is 0 Å². The Balaban J connectivity index is 1.44. The maximum Gasteiger partial charge on any atom is 0.163 e. The van der Waals surface area contributed by atoms with Gasteiger partial charge in [0, 0.05) is 47.9 Å². The minimum absolute atomic E-state index is 0.00509. The van der Waals surface area contributed by atoms with Crippen molar-refractivity contribution < 1.29 is 19.2 Å². The summed E-state index contributed by atoms with van der Waals surface area (Å²) < 4.78 is 0. The van der Waals surface area contributed by atoms with E-state index in [0.717, 1.165) is 22.3 Å². The second-order valence-corrected chi connectivity index (χ2v) is 10.4. The lowest BCUT2D eigenvalue weighted by Crippen LogP contribution is -2.09. The SMILES string of the molecule is O=C1CCc2ccccc2CCC(=O)c2cccc(c2)C(=O)CCc2ccccc2CCC(=O)c2cccc1c2. The Kier molecular flexibility index (Phi) is 8.56. The van der Waals surface area contributed by atoms with E-state index >= 15 is 0 Å². The van der Waals surface area contributed by atoms with Gasteiger partial charge < -0.3 is 0 Å². The van der Waals surface area contributed by atoms with Gasteiger partial charge in [-0.1, -0.05) is 84.9 Å². The summed E-state index contributed by atoms with van der Waals surface area (Å²) in [7, 11) is 0. The predicted octanol–water partition coefficient (Wildman–Crippen LogP) is 7.26. The van der Waals surface area contributed by atoms with Crippen LogP contribution in [0.4, 0.5) is 0 Å². The fourth-order valence-corrected chi connectivity index (χ4v) is 5.39. The first-order chi connectivity index (χ1) is 19.5. The van der Waals surface area contributed by atoms with E-state index in [1.165, 1.54) is 0 Å². The van der Waals surface area contributed by atoms with Crippen molar-refractivity contribution in [1.82, 2.24) is 0 Å². The molecule has 4 aromatic carbocycles. The van der Waals surface area contributed by atoms with Crippen LogP contribution in [-0.4, -0.2) is 23.1 Å². The summed E-state index contributed by atoms with van der Waals surface area (Å²) >= 11 is 0. The molecule has 200 valence electrons. The molecule has 0 amide bonds. The maximum absolute atomic E-state index is 13.1. The van der Waals surface area contributed by atoms with Gasteiger partial charge in [-0.25, -0.2) is 0 Å². The summed E-state index contributed by atoms with van der Waals surface area (Å²) in [6.45, 7) is 0. The number of carbonyl (C=O) groups is 4. The van der Waals surface area contributed by atoms with Crippen LogP contribution < -0.4 is 0 Å². The fourth-order valence-electron chi connectivity index (χ4n) is 5.39. The molecule has 1 aliphatic carbocycles. The average Bonchev–Trinajstić information content (AvgIpc) is 3.00. The van der Waals surface area contributed by atoms with Gasteiger partial charge in [-0.05, 0) is 60.1 Å². The number of benzene rings is 4. The Morgan fingerprint density at radius 1 is 0.300 bits per heavy atom. The molecule has 0 saturated heterocycles. The highest BCUT2D eigenvalue weighted by atomic mass is 16.1. The van der Waals surface area contributed by atoms with E-state index in [4.69, 9.17) is 0 Å². The summed E-state index contributed by atoms with van der Waals surface area (Å²) in [5, 5.41) is 0. The van der Waals surface area contributed by atoms with Crippen molar-refractivity contribution in [3.63, 3.8) is 0 Å². The lowest BCUT2D eigenvalue weighted by Gasteiger charge is -2.11. The van der Waals surface area contributed by atoms with Gasteiger partial charge in [0.2, 0.25) is 0 Å². The molecular formula is C36H32O4. The topological polar surface area (TPSA) is 68.3 Å². The van der Waals surface area contributed by atoms with Crippen LogP contribution in [0.1, 0.15) is 89.4 Å². The van der Waals surface area contributed by atoms with Crippen LogP contribution in [0.15, 0.2) is 97.1 Å². The van der Waals surface area contributed by atoms with Crippen molar-refractivity contribution in [2.24, 2.45) is 0 Å². The van der Waals surface area contributed by atoms with Crippen LogP contribution in [0.25, 0.3) is 0 Å². The van der Waals surface area contributed by atoms with Gasteiger partial charge in [0.15, 0.2) is 23.1 Å². The Morgan fingerprint density at radius 2 is 0.550 bits per heavy atom. The molecule has 4 bridgehead atoms. The van der Waals surface area contributed by atoms with Crippen LogP contribution in [0.5, 0.6) is 0 Å². The van der Waals surface area contributed by atoms with Crippen molar-refractivity contribution in [3.05, 3.63) is 142 Å². The van der Waals surface area contributed by atoms with Crippen LogP contribution in [-0.2, 0) is 25.7 Å². The minimum atomic E-state index is -0.00509. The van der Waals surface area contributed by atoms with Crippen molar-refractivity contribution in [2.75, 3.05) is 0 Å². The standard InChI is InChI=1S/C36H32O4/c37-33-19-15-25-7-1-2-8-26(25)16-20-34(38)30-12-6-14-32(24-30)36(40)22-18-28-10-4-3-9-27(28)17-21-35(39)31-13-5-11-29(33)23-31/h1-14,23-24H,15-22H2. The first-order valence-corrected chi connectivity index (χ1v) is 13.9. The summed E-state index contributed by atoms with van der Waals surface area (Å²) in [4.78, 5) is 52.4. The molecule has 4 aromatic rings. The van der Waals surface area contributed by atoms with Crippen LogP contribution >= 0.6 is 0 Å². The quantitative estimate of drug-likeness (QED) is 0.241. The zero-order valence-corrected chi connectivity index (χ0v) is 22.5. The third-order valence-corrected chi connectivity index (χ3v) is 7.74. The highest BCUT2D eigenvalue weighted by Gasteiger charge is 2.16. The smallest absolute Gasteiger partial charge is 0.163 e. The Morgan fingerprint density at radius 3 is 0.800 bits per heavy atom. The number of ketones is 4. The summed E-state index contributed by atoms with van der Waals surface area (Å²) in [5.41, 5.74) is 6.33. The van der Waals surface area contributed by atoms with E-state index in [2.05, 4.69) is 0 Å². The molecule has 4 heteroatoms. The molecule has 0 spiro atoms. The molecule has 0 saturated carbocycles. The molecule has 1 aliphatic rings. The zero-order valence-electron chi connectivity index (χ0n) is 22.5. The van der Waals surface area contributed by atoms with Gasteiger partial charge in [0.05, 0.1) is 0 Å². The van der Waals surface area contributed by atoms with E-state index < -0.39 is 0 Å². The second-order valence-electron chi connectivity index (χ2n) is 10.4. The Bertz CT molecular complexity index is 1350. The van der Waals surface area contributed by atoms with Gasteiger partial charge in [-0.15, -0.1) is 0 Å². The Labute approximate surface area is 235 Å². The molecule has 5 rings (SSSR count). The Hall–Kier alpha value is -4.44. The number of rotatable bonds is 0. The van der Waals surface area contributed by atoms with Gasteiger partial charge in [-0.3, -0.25) is 19.2 Å². The summed E-state index contributed by atoms with van der Waals surface area (Å²) in [5.74, 6) is -0.0204. The minimum Gasteiger partial charge on any atom is -0.294 e. The summed E-state index contributed by atoms with van der Waals surface area (Å²) in [6.07, 6.45) is 3.51. The summed E-state index contributed by atoms with van der Waals surface area (Å²) in [6, 6.07) is 29.8. The zero-order chi connectivity index (χ0) is 27.9. The lowest BCUT2D eigenvalue weighted by molar-refractivity contribution is 0.0966. The molecular weight excluding hydrogens is 496 g/mol. The molecule has 0 aliphatic heterocycles. The average molecular weight is 529 g/mol. The van der Waals surface area contributed by atoms with Crippen molar-refractivity contribution in [3.8, 4) is 0 Å². The van der Waals surface area contributed by atoms with Crippen molar-refractivity contribution in [2.45, 2.75) is 51.4 Å². The first-order valence-electron chi connectivity index (χ1n) is 13.9. The van der Waals surface area contributed by atoms with Crippen molar-refractivity contribution in [1.29, 1.82) is 0 Å². The van der Waals surface area contributed by atoms with E-state index in [9.17, 15) is 19.2 Å². The second kappa shape index (κ2) is 12.6. The molecule has 0 atom stereocenters. The van der Waals surface area contributed by atoms with E-state index in [1.807, 2.05) is 48.5 Å². The van der Waals surface area contributed by atoms with Crippen LogP contribution in [0, 0.1) is 0 Å². The van der Waals surface area contributed by atoms with E-state index in [0.29, 0.717) is 73.6 Å². The van der Waals surface area contributed by atoms with Gasteiger partial charge in [-0.2, -0.15) is 0 Å². The van der Waals surface area contributed by atoms with Crippen LogP contribution in [0.3, 0.4) is 0 Å². The maximum atomic E-state index is 13.1. The number of fused-ring (bicyclic) bond motifs is 6. The number of Topliss-reactive ketones (excluding diaryl/α,β-unsaturated/α-hetero) is 4. The molecule has 0 heterocycles. The third-order valence-electron chi connectivity index (χ3n) is 7.74. The first kappa shape index (κ1) is 27.1. The monoisotopic (exact) mass is 528 g/mol. The lowest BCUT2D eigenvalue weighted by atomic mass is 9.92. The predicted molar refractivity (Wildman–Crippen MR) is 156 cm³/mol.